The van der Waals surface area contributed by atoms with Gasteiger partial charge in [0.05, 0.1) is 0 Å². The van der Waals surface area contributed by atoms with Gasteiger partial charge in [0.2, 0.25) is 0 Å². The lowest BCUT2D eigenvalue weighted by Gasteiger charge is -2.20. The first-order valence-electron chi connectivity index (χ1n) is 10.6. The van der Waals surface area contributed by atoms with Gasteiger partial charge >= 0.3 is 0 Å². The molecule has 0 fully saturated rings. The molecule has 30 heavy (non-hydrogen) atoms. The lowest BCUT2D eigenvalue weighted by atomic mass is 10.0. The second-order valence-electron chi connectivity index (χ2n) is 7.82. The number of hydrogen-bond acceptors (Lipinski definition) is 2. The fourth-order valence-electron chi connectivity index (χ4n) is 3.69. The third-order valence-corrected chi connectivity index (χ3v) is 5.36. The van der Waals surface area contributed by atoms with E-state index in [0.29, 0.717) is 18.7 Å². The summed E-state index contributed by atoms with van der Waals surface area (Å²) in [7, 11) is 0. The van der Waals surface area contributed by atoms with Crippen molar-refractivity contribution in [3.8, 4) is 0 Å². The van der Waals surface area contributed by atoms with Crippen LogP contribution in [0.1, 0.15) is 59.1 Å². The summed E-state index contributed by atoms with van der Waals surface area (Å²) < 4.78 is 2.13. The Morgan fingerprint density at radius 2 is 1.67 bits per heavy atom. The van der Waals surface area contributed by atoms with E-state index in [1.165, 1.54) is 5.56 Å². The molecule has 2 aromatic carbocycles. The van der Waals surface area contributed by atoms with Crippen molar-refractivity contribution in [1.29, 1.82) is 0 Å². The van der Waals surface area contributed by atoms with Crippen molar-refractivity contribution >= 4 is 11.6 Å². The minimum Gasteiger partial charge on any atom is -0.343 e. The topological polar surface area (TPSA) is 51.1 Å². The number of pyridine rings is 1. The van der Waals surface area contributed by atoms with Crippen LogP contribution in [-0.4, -0.2) is 10.5 Å². The van der Waals surface area contributed by atoms with E-state index in [-0.39, 0.29) is 16.9 Å². The fourth-order valence-corrected chi connectivity index (χ4v) is 3.69. The highest BCUT2D eigenvalue weighted by Gasteiger charge is 2.20. The van der Waals surface area contributed by atoms with Gasteiger partial charge < -0.3 is 9.88 Å². The summed E-state index contributed by atoms with van der Waals surface area (Å²) in [5, 5.41) is 2.90. The van der Waals surface area contributed by atoms with Gasteiger partial charge in [-0.15, -0.1) is 0 Å². The highest BCUT2D eigenvalue weighted by Crippen LogP contribution is 2.18. The molecule has 4 heteroatoms. The molecule has 0 aliphatic heterocycles. The second kappa shape index (κ2) is 10.1. The average Bonchev–Trinajstić information content (AvgIpc) is 2.72. The van der Waals surface area contributed by atoms with Crippen LogP contribution in [0.25, 0.3) is 0 Å². The summed E-state index contributed by atoms with van der Waals surface area (Å²) in [4.78, 5) is 26.0. The van der Waals surface area contributed by atoms with Crippen molar-refractivity contribution in [3.63, 3.8) is 0 Å². The number of hydrogen-bond donors (Lipinski definition) is 1. The monoisotopic (exact) mass is 402 g/mol. The van der Waals surface area contributed by atoms with E-state index >= 15 is 0 Å². The number of aromatic nitrogens is 1. The van der Waals surface area contributed by atoms with Gasteiger partial charge in [-0.05, 0) is 44.4 Å². The van der Waals surface area contributed by atoms with Crippen LogP contribution in [0.4, 0.5) is 5.69 Å². The number of carbonyl (C=O) groups is 1. The minimum atomic E-state index is -0.338. The lowest BCUT2D eigenvalue weighted by Crippen LogP contribution is -2.28. The molecule has 156 valence electrons. The molecule has 0 saturated heterocycles. The summed E-state index contributed by atoms with van der Waals surface area (Å²) in [5.74, 6) is -0.338. The molecule has 4 nitrogen and oxygen atoms in total. The number of carbonyl (C=O) groups excluding carboxylic acids is 1. The van der Waals surface area contributed by atoms with Gasteiger partial charge in [-0.2, -0.15) is 0 Å². The van der Waals surface area contributed by atoms with Crippen molar-refractivity contribution in [2.24, 2.45) is 0 Å². The van der Waals surface area contributed by atoms with Gasteiger partial charge in [0.15, 0.2) is 5.43 Å². The smallest absolute Gasteiger partial charge is 0.261 e. The maximum Gasteiger partial charge on any atom is 0.261 e. The molecule has 3 rings (SSSR count). The van der Waals surface area contributed by atoms with Crippen molar-refractivity contribution < 1.29 is 4.79 Å². The number of nitrogens with zero attached hydrogens (tertiary/aromatic N) is 1. The van der Waals surface area contributed by atoms with Crippen LogP contribution >= 0.6 is 0 Å². The number of benzene rings is 2. The number of rotatable bonds is 8. The second-order valence-corrected chi connectivity index (χ2v) is 7.82. The number of aryl methyl sites for hydroxylation is 2. The molecule has 1 heterocycles. The Bertz CT molecular complexity index is 1050. The van der Waals surface area contributed by atoms with Crippen LogP contribution in [0.3, 0.4) is 0 Å². The van der Waals surface area contributed by atoms with Crippen LogP contribution in [0.5, 0.6) is 0 Å². The summed E-state index contributed by atoms with van der Waals surface area (Å²) in [5.41, 5.74) is 4.79. The predicted molar refractivity (Wildman–Crippen MR) is 123 cm³/mol. The van der Waals surface area contributed by atoms with Crippen LogP contribution < -0.4 is 10.7 Å². The normalized spacial score (nSPS) is 10.8. The van der Waals surface area contributed by atoms with Gasteiger partial charge in [-0.1, -0.05) is 67.8 Å². The van der Waals surface area contributed by atoms with Crippen LogP contribution in [0, 0.1) is 13.8 Å². The third kappa shape index (κ3) is 5.26. The molecule has 0 spiro atoms. The van der Waals surface area contributed by atoms with Gasteiger partial charge in [0, 0.05) is 29.7 Å². The number of nitrogens with one attached hydrogen (secondary N) is 1. The van der Waals surface area contributed by atoms with E-state index in [2.05, 4.69) is 48.0 Å². The maximum atomic E-state index is 13.1. The largest absolute Gasteiger partial charge is 0.343 e. The van der Waals surface area contributed by atoms with Gasteiger partial charge in [-0.3, -0.25) is 9.59 Å². The number of anilines is 1. The molecule has 3 aromatic rings. The van der Waals surface area contributed by atoms with Crippen LogP contribution in [0.2, 0.25) is 0 Å². The maximum absolute atomic E-state index is 13.1. The minimum absolute atomic E-state index is 0.215. The van der Waals surface area contributed by atoms with Gasteiger partial charge in [-0.25, -0.2) is 0 Å². The number of amides is 1. The molecule has 0 atom stereocenters. The fraction of sp³-hybridized carbons (Fsp3) is 0.308. The molecule has 0 bridgehead atoms. The summed E-state index contributed by atoms with van der Waals surface area (Å²) >= 11 is 0. The van der Waals surface area contributed by atoms with Crippen LogP contribution in [-0.2, 0) is 13.0 Å². The molecule has 0 aliphatic rings. The summed E-state index contributed by atoms with van der Waals surface area (Å²) in [6.07, 6.45) is 3.79. The number of para-hydroxylation sites is 1. The van der Waals surface area contributed by atoms with Crippen molar-refractivity contribution in [1.82, 2.24) is 4.57 Å². The van der Waals surface area contributed by atoms with E-state index in [1.54, 1.807) is 6.07 Å². The molecule has 0 aliphatic carbocycles. The first kappa shape index (κ1) is 21.6. The molecule has 1 amide bonds. The van der Waals surface area contributed by atoms with Gasteiger partial charge in [0.1, 0.15) is 5.56 Å². The standard InChI is InChI=1S/C26H30N2O2/c1-4-5-7-12-23-25(26(30)27-22-10-8-6-9-11-22)24(29)17-20(3)28(23)18-21-15-13-19(2)14-16-21/h6,8-11,13-17H,4-5,7,12,18H2,1-3H3,(H,27,30). The number of unbranched alkanes of at least 4 members (excludes halogenated alkanes) is 2. The van der Waals surface area contributed by atoms with E-state index in [4.69, 9.17) is 0 Å². The van der Waals surface area contributed by atoms with Crippen molar-refractivity contribution in [2.45, 2.75) is 53.0 Å². The first-order valence-corrected chi connectivity index (χ1v) is 10.6. The lowest BCUT2D eigenvalue weighted by molar-refractivity contribution is 0.102. The van der Waals surface area contributed by atoms with Crippen molar-refractivity contribution in [2.75, 3.05) is 5.32 Å². The molecular formula is C26H30N2O2. The summed E-state index contributed by atoms with van der Waals surface area (Å²) in [6, 6.07) is 19.2. The Kier molecular flexibility index (Phi) is 7.23. The summed E-state index contributed by atoms with van der Waals surface area (Å²) in [6.45, 7) is 6.80. The molecule has 1 aromatic heterocycles. The zero-order valence-corrected chi connectivity index (χ0v) is 18.1. The quantitative estimate of drug-likeness (QED) is 0.506. The van der Waals surface area contributed by atoms with E-state index in [0.717, 1.165) is 36.2 Å². The average molecular weight is 403 g/mol. The highest BCUT2D eigenvalue weighted by molar-refractivity contribution is 6.05. The molecule has 0 unspecified atom stereocenters. The zero-order valence-electron chi connectivity index (χ0n) is 18.1. The van der Waals surface area contributed by atoms with E-state index in [9.17, 15) is 9.59 Å². The predicted octanol–water partition coefficient (Wildman–Crippen LogP) is 5.50. The molecule has 0 saturated carbocycles. The molecular weight excluding hydrogens is 372 g/mol. The Labute approximate surface area is 178 Å². The highest BCUT2D eigenvalue weighted by atomic mass is 16.2. The Morgan fingerprint density at radius 3 is 2.33 bits per heavy atom. The van der Waals surface area contributed by atoms with Crippen LogP contribution in [0.15, 0.2) is 65.5 Å². The Hall–Kier alpha value is -3.14. The van der Waals surface area contributed by atoms with Crippen molar-refractivity contribution in [3.05, 3.63) is 99.0 Å². The third-order valence-electron chi connectivity index (χ3n) is 5.36. The SMILES string of the molecule is CCCCCc1c(C(=O)Nc2ccccc2)c(=O)cc(C)n1Cc1ccc(C)cc1. The molecule has 1 N–H and O–H groups in total. The van der Waals surface area contributed by atoms with Gasteiger partial charge in [0.25, 0.3) is 5.91 Å². The van der Waals surface area contributed by atoms with E-state index < -0.39 is 0 Å². The molecule has 0 radical (unpaired) electrons. The zero-order chi connectivity index (χ0) is 21.5. The Balaban J connectivity index is 2.04. The van der Waals surface area contributed by atoms with E-state index in [1.807, 2.05) is 37.3 Å². The Morgan fingerprint density at radius 1 is 0.967 bits per heavy atom. The first-order chi connectivity index (χ1) is 14.5.